The molecular formula is C23H30FN3O5. The van der Waals surface area contributed by atoms with Crippen LogP contribution in [0.2, 0.25) is 0 Å². The highest BCUT2D eigenvalue weighted by atomic mass is 19.1. The zero-order valence-corrected chi connectivity index (χ0v) is 18.3. The Morgan fingerprint density at radius 2 is 2.00 bits per heavy atom. The van der Waals surface area contributed by atoms with E-state index in [0.29, 0.717) is 23.5 Å². The van der Waals surface area contributed by atoms with Gasteiger partial charge in [0, 0.05) is 12.1 Å². The van der Waals surface area contributed by atoms with Gasteiger partial charge in [-0.2, -0.15) is 0 Å². The van der Waals surface area contributed by atoms with Crippen LogP contribution in [0.5, 0.6) is 0 Å². The molecule has 32 heavy (non-hydrogen) atoms. The summed E-state index contributed by atoms with van der Waals surface area (Å²) in [6.07, 6.45) is 5.06. The second-order valence-electron chi connectivity index (χ2n) is 8.92. The van der Waals surface area contributed by atoms with E-state index in [9.17, 15) is 28.8 Å². The summed E-state index contributed by atoms with van der Waals surface area (Å²) in [6.45, 7) is 1.45. The molecule has 3 rings (SSSR count). The number of carbonyl (C=O) groups excluding carboxylic acids is 4. The summed E-state index contributed by atoms with van der Waals surface area (Å²) in [7, 11) is 0. The highest BCUT2D eigenvalue weighted by Gasteiger charge is 2.55. The van der Waals surface area contributed by atoms with Gasteiger partial charge < -0.3 is 10.6 Å². The Morgan fingerprint density at radius 1 is 1.31 bits per heavy atom. The van der Waals surface area contributed by atoms with Crippen molar-refractivity contribution in [3.05, 3.63) is 35.1 Å². The molecule has 2 atom stereocenters. The smallest absolute Gasteiger partial charge is 0.251 e. The Bertz CT molecular complexity index is 902. The van der Waals surface area contributed by atoms with Gasteiger partial charge in [0.05, 0.1) is 12.5 Å². The summed E-state index contributed by atoms with van der Waals surface area (Å²) in [5.74, 6) is -3.30. The third kappa shape index (κ3) is 4.53. The topological polar surface area (TPSA) is 121 Å². The number of hydrogen-bond donors (Lipinski definition) is 2. The van der Waals surface area contributed by atoms with Gasteiger partial charge in [-0.15, -0.1) is 0 Å². The molecule has 0 unspecified atom stereocenters. The lowest BCUT2D eigenvalue weighted by molar-refractivity contribution is -0.159. The van der Waals surface area contributed by atoms with Gasteiger partial charge in [-0.1, -0.05) is 37.8 Å². The van der Waals surface area contributed by atoms with Gasteiger partial charge in [-0.3, -0.25) is 24.4 Å². The largest absolute Gasteiger partial charge is 0.367 e. The Balaban J connectivity index is 1.95. The number of Topliss-reactive ketones (excluding diaryl/α,β-unsaturated/α-hetero) is 1. The monoisotopic (exact) mass is 447 g/mol. The fraction of sp³-hybridized carbons (Fsp3) is 0.565. The van der Waals surface area contributed by atoms with Crippen LogP contribution in [-0.2, 0) is 14.4 Å². The number of carbonyl (C=O) groups is 4. The predicted octanol–water partition coefficient (Wildman–Crippen LogP) is 2.21. The summed E-state index contributed by atoms with van der Waals surface area (Å²) in [5, 5.41) is 10.2. The second kappa shape index (κ2) is 9.77. The zero-order valence-electron chi connectivity index (χ0n) is 18.3. The van der Waals surface area contributed by atoms with Crippen LogP contribution in [0, 0.1) is 24.6 Å². The Morgan fingerprint density at radius 3 is 2.59 bits per heavy atom. The van der Waals surface area contributed by atoms with Crippen LogP contribution < -0.4 is 5.73 Å². The Kier molecular flexibility index (Phi) is 7.28. The van der Waals surface area contributed by atoms with Gasteiger partial charge in [0.2, 0.25) is 12.3 Å². The van der Waals surface area contributed by atoms with Gasteiger partial charge >= 0.3 is 0 Å². The minimum absolute atomic E-state index is 0.0318. The lowest BCUT2D eigenvalue weighted by Gasteiger charge is -2.37. The maximum atomic E-state index is 14.1. The van der Waals surface area contributed by atoms with Crippen molar-refractivity contribution in [2.45, 2.75) is 57.4 Å². The van der Waals surface area contributed by atoms with E-state index >= 15 is 0 Å². The Labute approximate surface area is 186 Å². The molecule has 1 saturated heterocycles. The van der Waals surface area contributed by atoms with Gasteiger partial charge in [0.1, 0.15) is 5.82 Å². The molecule has 1 aromatic rings. The van der Waals surface area contributed by atoms with Gasteiger partial charge in [-0.05, 0) is 43.7 Å². The highest BCUT2D eigenvalue weighted by molar-refractivity contribution is 6.19. The summed E-state index contributed by atoms with van der Waals surface area (Å²) in [6, 6.07) is 3.92. The van der Waals surface area contributed by atoms with Crippen LogP contribution in [0.15, 0.2) is 18.2 Å². The quantitative estimate of drug-likeness (QED) is 0.198. The SMILES string of the molecule is Cc1ccc(C(=O)[C@@]2(C(N)=O)CCCN2C(=O)[C@H](CC2CCCC2)CN(O)C=O)cc1F. The van der Waals surface area contributed by atoms with Crippen LogP contribution in [0.4, 0.5) is 4.39 Å². The number of benzene rings is 1. The van der Waals surface area contributed by atoms with Gasteiger partial charge in [-0.25, -0.2) is 9.45 Å². The number of ketones is 1. The van der Waals surface area contributed by atoms with Crippen molar-refractivity contribution >= 4 is 24.0 Å². The molecule has 3 amide bonds. The van der Waals surface area contributed by atoms with Crippen LogP contribution in [0.1, 0.15) is 60.9 Å². The number of aryl methyl sites for hydroxylation is 1. The molecule has 1 heterocycles. The highest BCUT2D eigenvalue weighted by Crippen LogP contribution is 2.37. The van der Waals surface area contributed by atoms with E-state index in [0.717, 1.165) is 31.7 Å². The predicted molar refractivity (Wildman–Crippen MR) is 113 cm³/mol. The maximum Gasteiger partial charge on any atom is 0.251 e. The van der Waals surface area contributed by atoms with E-state index in [2.05, 4.69) is 0 Å². The standard InChI is InChI=1S/C23H30FN3O5/c1-15-7-8-17(12-19(15)24)20(29)23(22(25)31)9-4-10-27(23)21(30)18(13-26(32)14-28)11-16-5-2-3-6-16/h7-8,12,14,16,18,32H,2-6,9-11,13H2,1H3,(H2,25,31)/t18-,23-/m1/s1. The van der Waals surface area contributed by atoms with Gasteiger partial charge in [0.25, 0.3) is 5.91 Å². The molecule has 0 aromatic heterocycles. The molecule has 2 fully saturated rings. The minimum Gasteiger partial charge on any atom is -0.367 e. The van der Waals surface area contributed by atoms with Crippen LogP contribution >= 0.6 is 0 Å². The van der Waals surface area contributed by atoms with E-state index in [1.54, 1.807) is 6.92 Å². The van der Waals surface area contributed by atoms with Crippen LogP contribution in [0.3, 0.4) is 0 Å². The lowest BCUT2D eigenvalue weighted by Crippen LogP contribution is -2.62. The molecule has 1 saturated carbocycles. The molecule has 8 nitrogen and oxygen atoms in total. The van der Waals surface area contributed by atoms with Gasteiger partial charge in [0.15, 0.2) is 11.3 Å². The molecule has 0 radical (unpaired) electrons. The van der Waals surface area contributed by atoms with Crippen molar-refractivity contribution in [2.75, 3.05) is 13.1 Å². The first kappa shape index (κ1) is 23.8. The summed E-state index contributed by atoms with van der Waals surface area (Å²) < 4.78 is 14.1. The van der Waals surface area contributed by atoms with E-state index in [-0.39, 0.29) is 37.4 Å². The van der Waals surface area contributed by atoms with Crippen molar-refractivity contribution in [3.63, 3.8) is 0 Å². The van der Waals surface area contributed by atoms with Crippen molar-refractivity contribution in [3.8, 4) is 0 Å². The van der Waals surface area contributed by atoms with E-state index in [1.807, 2.05) is 0 Å². The first-order valence-corrected chi connectivity index (χ1v) is 11.0. The summed E-state index contributed by atoms with van der Waals surface area (Å²) in [5.41, 5.74) is 4.09. The first-order valence-electron chi connectivity index (χ1n) is 11.0. The molecule has 1 aliphatic carbocycles. The fourth-order valence-electron chi connectivity index (χ4n) is 5.09. The molecule has 2 aliphatic rings. The molecule has 1 aromatic carbocycles. The van der Waals surface area contributed by atoms with E-state index in [1.165, 1.54) is 17.0 Å². The number of amides is 3. The number of hydroxylamine groups is 2. The number of hydrogen-bond acceptors (Lipinski definition) is 5. The number of nitrogens with zero attached hydrogens (tertiary/aromatic N) is 2. The average molecular weight is 448 g/mol. The number of rotatable bonds is 9. The second-order valence-corrected chi connectivity index (χ2v) is 8.92. The zero-order chi connectivity index (χ0) is 23.5. The number of halogens is 1. The summed E-state index contributed by atoms with van der Waals surface area (Å²) >= 11 is 0. The first-order chi connectivity index (χ1) is 15.2. The van der Waals surface area contributed by atoms with E-state index in [4.69, 9.17) is 5.73 Å². The molecule has 0 spiro atoms. The molecule has 174 valence electrons. The molecule has 0 bridgehead atoms. The summed E-state index contributed by atoms with van der Waals surface area (Å²) in [4.78, 5) is 51.9. The third-order valence-electron chi connectivity index (χ3n) is 6.84. The normalized spacial score (nSPS) is 22.0. The van der Waals surface area contributed by atoms with Crippen molar-refractivity contribution in [1.82, 2.24) is 9.96 Å². The van der Waals surface area contributed by atoms with Crippen molar-refractivity contribution in [2.24, 2.45) is 17.6 Å². The molecular weight excluding hydrogens is 417 g/mol. The van der Waals surface area contributed by atoms with Crippen molar-refractivity contribution in [1.29, 1.82) is 0 Å². The average Bonchev–Trinajstić information content (AvgIpc) is 3.44. The number of primary amides is 1. The van der Waals surface area contributed by atoms with E-state index < -0.39 is 34.9 Å². The number of likely N-dealkylation sites (tertiary alicyclic amines) is 1. The lowest BCUT2D eigenvalue weighted by atomic mass is 9.84. The minimum atomic E-state index is -1.92. The molecule has 3 N–H and O–H groups in total. The molecule has 1 aliphatic heterocycles. The fourth-order valence-corrected chi connectivity index (χ4v) is 5.09. The molecule has 9 heteroatoms. The van der Waals surface area contributed by atoms with Crippen LogP contribution in [0.25, 0.3) is 0 Å². The van der Waals surface area contributed by atoms with Crippen molar-refractivity contribution < 1.29 is 28.8 Å². The Hall–Kier alpha value is -2.81. The van der Waals surface area contributed by atoms with Crippen LogP contribution in [-0.4, -0.2) is 57.8 Å². The maximum absolute atomic E-state index is 14.1. The number of nitrogens with two attached hydrogens (primary N) is 1. The third-order valence-corrected chi connectivity index (χ3v) is 6.84.